The minimum absolute atomic E-state index is 0.374. The van der Waals surface area contributed by atoms with Gasteiger partial charge in [0, 0.05) is 15.6 Å². The van der Waals surface area contributed by atoms with E-state index in [0.717, 1.165) is 11.1 Å². The number of hydrogen-bond acceptors (Lipinski definition) is 2. The lowest BCUT2D eigenvalue weighted by molar-refractivity contribution is -0.112. The van der Waals surface area contributed by atoms with E-state index in [1.54, 1.807) is 36.4 Å². The summed E-state index contributed by atoms with van der Waals surface area (Å²) in [5, 5.41) is 3.57. The second-order valence-corrected chi connectivity index (χ2v) is 5.04. The number of Topliss-reactive ketones (excluding diaryl/α,β-unsaturated/α-hetero) is 1. The van der Waals surface area contributed by atoms with E-state index in [1.807, 2.05) is 0 Å². The molecule has 0 spiro atoms. The monoisotopic (exact) mass is 291 g/mol. The molecule has 0 aromatic heterocycles. The number of nitrogens with one attached hydrogen (secondary N) is 1. The van der Waals surface area contributed by atoms with E-state index in [2.05, 4.69) is 5.32 Å². The van der Waals surface area contributed by atoms with Crippen LogP contribution in [-0.2, 0) is 4.79 Å². The van der Waals surface area contributed by atoms with Crippen molar-refractivity contribution >= 4 is 40.6 Å². The lowest BCUT2D eigenvalue weighted by Crippen LogP contribution is -2.12. The highest BCUT2D eigenvalue weighted by Gasteiger charge is 2.29. The molecule has 0 atom stereocenters. The number of anilines is 1. The van der Waals surface area contributed by atoms with Gasteiger partial charge in [0.25, 0.3) is 11.7 Å². The van der Waals surface area contributed by atoms with Gasteiger partial charge in [-0.1, -0.05) is 35.3 Å². The molecule has 2 aromatic carbocycles. The number of rotatable bonds is 1. The summed E-state index contributed by atoms with van der Waals surface area (Å²) in [5.41, 5.74) is 2.36. The molecule has 1 N–H and O–H groups in total. The van der Waals surface area contributed by atoms with Crippen LogP contribution >= 0.6 is 23.2 Å². The van der Waals surface area contributed by atoms with Crippen LogP contribution in [0.2, 0.25) is 10.0 Å². The Morgan fingerprint density at radius 1 is 0.895 bits per heavy atom. The third kappa shape index (κ3) is 2.01. The molecular weight excluding hydrogens is 285 g/mol. The number of benzene rings is 2. The lowest BCUT2D eigenvalue weighted by Gasteiger charge is -2.08. The molecule has 3 nitrogen and oxygen atoms in total. The van der Waals surface area contributed by atoms with Crippen LogP contribution < -0.4 is 5.32 Å². The summed E-state index contributed by atoms with van der Waals surface area (Å²) in [5.74, 6) is -1.14. The Bertz CT molecular complexity index is 705. The summed E-state index contributed by atoms with van der Waals surface area (Å²) in [7, 11) is 0. The highest BCUT2D eigenvalue weighted by molar-refractivity contribution is 6.52. The maximum absolute atomic E-state index is 11.6. The largest absolute Gasteiger partial charge is 0.318 e. The smallest absolute Gasteiger partial charge is 0.296 e. The van der Waals surface area contributed by atoms with Crippen LogP contribution in [0.5, 0.6) is 0 Å². The van der Waals surface area contributed by atoms with Gasteiger partial charge in [-0.25, -0.2) is 0 Å². The Hall–Kier alpha value is -1.84. The van der Waals surface area contributed by atoms with Gasteiger partial charge < -0.3 is 5.32 Å². The van der Waals surface area contributed by atoms with Crippen molar-refractivity contribution in [2.75, 3.05) is 5.32 Å². The van der Waals surface area contributed by atoms with Crippen molar-refractivity contribution in [2.24, 2.45) is 0 Å². The number of hydrogen-bond donors (Lipinski definition) is 1. The summed E-state index contributed by atoms with van der Waals surface area (Å²) in [6.07, 6.45) is 0. The van der Waals surface area contributed by atoms with E-state index < -0.39 is 11.7 Å². The van der Waals surface area contributed by atoms with Crippen molar-refractivity contribution in [3.05, 3.63) is 52.0 Å². The number of fused-ring (bicyclic) bond motifs is 1. The Morgan fingerprint density at radius 2 is 1.53 bits per heavy atom. The molecule has 0 saturated carbocycles. The van der Waals surface area contributed by atoms with E-state index in [1.165, 1.54) is 0 Å². The standard InChI is InChI=1S/C14H7Cl2NO2/c15-8-4-7(5-9(16)6-8)10-2-1-3-11-12(10)17-14(19)13(11)18/h1-6H,(H,17,18,19). The summed E-state index contributed by atoms with van der Waals surface area (Å²) < 4.78 is 0. The molecule has 2 aromatic rings. The van der Waals surface area contributed by atoms with E-state index in [-0.39, 0.29) is 0 Å². The van der Waals surface area contributed by atoms with Gasteiger partial charge >= 0.3 is 0 Å². The van der Waals surface area contributed by atoms with Crippen molar-refractivity contribution in [3.8, 4) is 11.1 Å². The second kappa shape index (κ2) is 4.37. The summed E-state index contributed by atoms with van der Waals surface area (Å²) >= 11 is 11.9. The fraction of sp³-hybridized carbons (Fsp3) is 0. The van der Waals surface area contributed by atoms with Crippen LogP contribution in [-0.4, -0.2) is 11.7 Å². The topological polar surface area (TPSA) is 46.2 Å². The molecular formula is C14H7Cl2NO2. The van der Waals surface area contributed by atoms with Crippen LogP contribution in [0.1, 0.15) is 10.4 Å². The fourth-order valence-electron chi connectivity index (χ4n) is 2.12. The zero-order valence-electron chi connectivity index (χ0n) is 9.54. The molecule has 0 bridgehead atoms. The second-order valence-electron chi connectivity index (χ2n) is 4.17. The van der Waals surface area contributed by atoms with Crippen molar-refractivity contribution in [1.82, 2.24) is 0 Å². The maximum atomic E-state index is 11.6. The van der Waals surface area contributed by atoms with Gasteiger partial charge in [-0.2, -0.15) is 0 Å². The number of carbonyl (C=O) groups excluding carboxylic acids is 2. The molecule has 94 valence electrons. The predicted octanol–water partition coefficient (Wildman–Crippen LogP) is 3.80. The molecule has 0 unspecified atom stereocenters. The average molecular weight is 292 g/mol. The van der Waals surface area contributed by atoms with Gasteiger partial charge in [-0.15, -0.1) is 0 Å². The Labute approximate surface area is 119 Å². The number of amides is 1. The van der Waals surface area contributed by atoms with Crippen LogP contribution in [0.4, 0.5) is 5.69 Å². The number of para-hydroxylation sites is 1. The van der Waals surface area contributed by atoms with Crippen LogP contribution in [0.3, 0.4) is 0 Å². The zero-order chi connectivity index (χ0) is 13.6. The Morgan fingerprint density at radius 3 is 2.21 bits per heavy atom. The average Bonchev–Trinajstić information content (AvgIpc) is 2.64. The molecule has 19 heavy (non-hydrogen) atoms. The van der Waals surface area contributed by atoms with Gasteiger partial charge in [0.15, 0.2) is 0 Å². The summed E-state index contributed by atoms with van der Waals surface area (Å²) in [4.78, 5) is 23.1. The third-order valence-corrected chi connectivity index (χ3v) is 3.36. The quantitative estimate of drug-likeness (QED) is 0.813. The van der Waals surface area contributed by atoms with E-state index in [4.69, 9.17) is 23.2 Å². The molecule has 0 fully saturated rings. The van der Waals surface area contributed by atoms with Gasteiger partial charge in [0.2, 0.25) is 0 Å². The first-order valence-electron chi connectivity index (χ1n) is 5.51. The Kier molecular flexibility index (Phi) is 2.81. The molecule has 1 aliphatic heterocycles. The SMILES string of the molecule is O=C1Nc2c(cccc2-c2cc(Cl)cc(Cl)c2)C1=O. The number of ketones is 1. The molecule has 3 rings (SSSR count). The number of carbonyl (C=O) groups is 2. The van der Waals surface area contributed by atoms with Crippen molar-refractivity contribution in [1.29, 1.82) is 0 Å². The van der Waals surface area contributed by atoms with Crippen molar-refractivity contribution < 1.29 is 9.59 Å². The van der Waals surface area contributed by atoms with Gasteiger partial charge in [0.05, 0.1) is 11.3 Å². The van der Waals surface area contributed by atoms with Gasteiger partial charge in [-0.3, -0.25) is 9.59 Å². The molecule has 0 saturated heterocycles. The summed E-state index contributed by atoms with van der Waals surface area (Å²) in [6, 6.07) is 10.2. The first-order valence-corrected chi connectivity index (χ1v) is 6.27. The van der Waals surface area contributed by atoms with Gasteiger partial charge in [-0.05, 0) is 29.8 Å². The molecule has 1 heterocycles. The van der Waals surface area contributed by atoms with Crippen LogP contribution in [0, 0.1) is 0 Å². The fourth-order valence-corrected chi connectivity index (χ4v) is 2.64. The predicted molar refractivity (Wildman–Crippen MR) is 74.9 cm³/mol. The molecule has 5 heteroatoms. The molecule has 0 radical (unpaired) electrons. The molecule has 1 aliphatic rings. The maximum Gasteiger partial charge on any atom is 0.296 e. The highest BCUT2D eigenvalue weighted by Crippen LogP contribution is 2.36. The van der Waals surface area contributed by atoms with Crippen LogP contribution in [0.25, 0.3) is 11.1 Å². The first kappa shape index (κ1) is 12.2. The summed E-state index contributed by atoms with van der Waals surface area (Å²) in [6.45, 7) is 0. The van der Waals surface area contributed by atoms with Gasteiger partial charge in [0.1, 0.15) is 0 Å². The van der Waals surface area contributed by atoms with E-state index in [0.29, 0.717) is 21.3 Å². The minimum atomic E-state index is -0.615. The molecule has 0 aliphatic carbocycles. The lowest BCUT2D eigenvalue weighted by atomic mass is 10.0. The minimum Gasteiger partial charge on any atom is -0.318 e. The van der Waals surface area contributed by atoms with Crippen LogP contribution in [0.15, 0.2) is 36.4 Å². The third-order valence-electron chi connectivity index (χ3n) is 2.93. The number of halogens is 2. The van der Waals surface area contributed by atoms with E-state index in [9.17, 15) is 9.59 Å². The van der Waals surface area contributed by atoms with Crippen molar-refractivity contribution in [2.45, 2.75) is 0 Å². The zero-order valence-corrected chi connectivity index (χ0v) is 11.0. The highest BCUT2D eigenvalue weighted by atomic mass is 35.5. The van der Waals surface area contributed by atoms with E-state index >= 15 is 0 Å². The van der Waals surface area contributed by atoms with Crippen molar-refractivity contribution in [3.63, 3.8) is 0 Å². The first-order chi connectivity index (χ1) is 9.06. The molecule has 1 amide bonds. The Balaban J connectivity index is 2.23. The normalized spacial score (nSPS) is 13.4.